The summed E-state index contributed by atoms with van der Waals surface area (Å²) < 4.78 is 11.1. The number of esters is 1. The Bertz CT molecular complexity index is 880. The first-order chi connectivity index (χ1) is 12.8. The van der Waals surface area contributed by atoms with Gasteiger partial charge in [0, 0.05) is 25.2 Å². The minimum Gasteiger partial charge on any atom is -0.462 e. The first kappa shape index (κ1) is 16.6. The van der Waals surface area contributed by atoms with Crippen LogP contribution in [0.25, 0.3) is 11.1 Å². The number of ether oxygens (including phenoxy) is 1. The van der Waals surface area contributed by atoms with Crippen molar-refractivity contribution in [2.75, 3.05) is 24.6 Å². The zero-order chi connectivity index (χ0) is 17.9. The van der Waals surface area contributed by atoms with Gasteiger partial charge in [0.2, 0.25) is 0 Å². The van der Waals surface area contributed by atoms with Gasteiger partial charge in [-0.1, -0.05) is 12.1 Å². The van der Waals surface area contributed by atoms with Gasteiger partial charge in [0.1, 0.15) is 16.9 Å². The molecule has 6 heteroatoms. The van der Waals surface area contributed by atoms with E-state index in [0.717, 1.165) is 42.9 Å². The van der Waals surface area contributed by atoms with Crippen LogP contribution in [0.5, 0.6) is 0 Å². The molecule has 3 aromatic rings. The minimum atomic E-state index is -0.323. The number of hydrogen-bond donors (Lipinski definition) is 0. The number of para-hydroxylation sites is 2. The molecule has 0 aliphatic carbocycles. The van der Waals surface area contributed by atoms with E-state index in [4.69, 9.17) is 9.15 Å². The second-order valence-electron chi connectivity index (χ2n) is 6.38. The Kier molecular flexibility index (Phi) is 4.56. The maximum Gasteiger partial charge on any atom is 0.341 e. The summed E-state index contributed by atoms with van der Waals surface area (Å²) in [4.78, 5) is 23.4. The summed E-state index contributed by atoms with van der Waals surface area (Å²) in [6, 6.07) is 11.4. The Morgan fingerprint density at radius 1 is 1.23 bits per heavy atom. The number of carbonyl (C=O) groups excluding carboxylic acids is 1. The molecule has 0 N–H and O–H groups in total. The smallest absolute Gasteiger partial charge is 0.341 e. The summed E-state index contributed by atoms with van der Waals surface area (Å²) in [7, 11) is 0. The highest BCUT2D eigenvalue weighted by atomic mass is 16.5. The fourth-order valence-corrected chi connectivity index (χ4v) is 3.42. The van der Waals surface area contributed by atoms with Crippen molar-refractivity contribution in [2.24, 2.45) is 0 Å². The molecule has 0 unspecified atom stereocenters. The number of benzene rings is 1. The molecule has 0 bridgehead atoms. The van der Waals surface area contributed by atoms with Crippen LogP contribution in [0, 0.1) is 0 Å². The van der Waals surface area contributed by atoms with Gasteiger partial charge < -0.3 is 14.1 Å². The fourth-order valence-electron chi connectivity index (χ4n) is 3.42. The third kappa shape index (κ3) is 3.14. The van der Waals surface area contributed by atoms with Crippen LogP contribution >= 0.6 is 0 Å². The first-order valence-corrected chi connectivity index (χ1v) is 8.99. The lowest BCUT2D eigenvalue weighted by Crippen LogP contribution is -2.34. The molecule has 134 valence electrons. The van der Waals surface area contributed by atoms with Crippen molar-refractivity contribution in [3.8, 4) is 0 Å². The predicted molar refractivity (Wildman–Crippen MR) is 98.4 cm³/mol. The van der Waals surface area contributed by atoms with Crippen LogP contribution < -0.4 is 4.90 Å². The summed E-state index contributed by atoms with van der Waals surface area (Å²) in [5.74, 6) is 1.46. The van der Waals surface area contributed by atoms with Crippen LogP contribution in [0.2, 0.25) is 0 Å². The van der Waals surface area contributed by atoms with Gasteiger partial charge in [0.05, 0.1) is 6.61 Å². The van der Waals surface area contributed by atoms with Gasteiger partial charge in [-0.25, -0.2) is 14.8 Å². The second-order valence-corrected chi connectivity index (χ2v) is 6.38. The molecule has 2 aromatic heterocycles. The fraction of sp³-hybridized carbons (Fsp3) is 0.350. The summed E-state index contributed by atoms with van der Waals surface area (Å²) in [5, 5.41) is 0. The molecule has 0 saturated carbocycles. The minimum absolute atomic E-state index is 0.286. The molecule has 6 nitrogen and oxygen atoms in total. The molecular formula is C20H21N3O3. The average Bonchev–Trinajstić information content (AvgIpc) is 3.12. The highest BCUT2D eigenvalue weighted by Gasteiger charge is 2.27. The number of pyridine rings is 1. The average molecular weight is 351 g/mol. The van der Waals surface area contributed by atoms with Crippen molar-refractivity contribution in [1.82, 2.24) is 9.97 Å². The summed E-state index contributed by atoms with van der Waals surface area (Å²) >= 11 is 0. The lowest BCUT2D eigenvalue weighted by Gasteiger charge is -2.32. The molecule has 0 amide bonds. The number of fused-ring (bicyclic) bond motifs is 1. The van der Waals surface area contributed by atoms with Gasteiger partial charge in [-0.15, -0.1) is 0 Å². The molecule has 4 rings (SSSR count). The molecule has 1 aliphatic heterocycles. The largest absolute Gasteiger partial charge is 0.462 e. The van der Waals surface area contributed by atoms with E-state index in [2.05, 4.69) is 14.9 Å². The quantitative estimate of drug-likeness (QED) is 0.666. The highest BCUT2D eigenvalue weighted by molar-refractivity contribution is 5.94. The Hall–Kier alpha value is -2.89. The molecule has 0 atom stereocenters. The van der Waals surface area contributed by atoms with E-state index >= 15 is 0 Å². The SMILES string of the molecule is CCOC(=O)c1cccnc1N1CCC(c2nc3ccccc3o2)CC1. The third-order valence-electron chi connectivity index (χ3n) is 4.74. The highest BCUT2D eigenvalue weighted by Crippen LogP contribution is 2.32. The van der Waals surface area contributed by atoms with E-state index in [-0.39, 0.29) is 11.9 Å². The number of oxazole rings is 1. The standard InChI is InChI=1S/C20H21N3O3/c1-2-25-20(24)15-6-5-11-21-18(15)23-12-9-14(10-13-23)19-22-16-7-3-4-8-17(16)26-19/h3-8,11,14H,2,9-10,12-13H2,1H3. The van der Waals surface area contributed by atoms with Crippen LogP contribution in [0.15, 0.2) is 47.0 Å². The zero-order valence-electron chi connectivity index (χ0n) is 14.7. The van der Waals surface area contributed by atoms with E-state index in [1.807, 2.05) is 24.3 Å². The molecule has 0 spiro atoms. The molecule has 3 heterocycles. The van der Waals surface area contributed by atoms with Crippen LogP contribution in [0.3, 0.4) is 0 Å². The van der Waals surface area contributed by atoms with Gasteiger partial charge in [0.15, 0.2) is 11.5 Å². The lowest BCUT2D eigenvalue weighted by atomic mass is 9.96. The van der Waals surface area contributed by atoms with Crippen molar-refractivity contribution < 1.29 is 13.9 Å². The summed E-state index contributed by atoms with van der Waals surface area (Å²) in [5.41, 5.74) is 2.26. The third-order valence-corrected chi connectivity index (χ3v) is 4.74. The topological polar surface area (TPSA) is 68.5 Å². The van der Waals surface area contributed by atoms with Crippen molar-refractivity contribution in [3.63, 3.8) is 0 Å². The zero-order valence-corrected chi connectivity index (χ0v) is 14.7. The molecule has 1 fully saturated rings. The van der Waals surface area contributed by atoms with Crippen molar-refractivity contribution >= 4 is 22.9 Å². The Balaban J connectivity index is 1.49. The van der Waals surface area contributed by atoms with E-state index < -0.39 is 0 Å². The van der Waals surface area contributed by atoms with Gasteiger partial charge in [0.25, 0.3) is 0 Å². The van der Waals surface area contributed by atoms with Crippen molar-refractivity contribution in [1.29, 1.82) is 0 Å². The molecule has 0 radical (unpaired) electrons. The molecular weight excluding hydrogens is 330 g/mol. The van der Waals surface area contributed by atoms with Crippen molar-refractivity contribution in [3.05, 3.63) is 54.0 Å². The second kappa shape index (κ2) is 7.15. The summed E-state index contributed by atoms with van der Waals surface area (Å²) in [6.45, 7) is 3.76. The maximum atomic E-state index is 12.2. The van der Waals surface area contributed by atoms with Gasteiger partial charge in [-0.2, -0.15) is 0 Å². The first-order valence-electron chi connectivity index (χ1n) is 8.99. The maximum absolute atomic E-state index is 12.2. The number of hydrogen-bond acceptors (Lipinski definition) is 6. The number of piperidine rings is 1. The Morgan fingerprint density at radius 2 is 2.04 bits per heavy atom. The van der Waals surface area contributed by atoms with Crippen LogP contribution in [-0.4, -0.2) is 35.6 Å². The van der Waals surface area contributed by atoms with Gasteiger partial charge >= 0.3 is 5.97 Å². The molecule has 26 heavy (non-hydrogen) atoms. The number of carbonyl (C=O) groups is 1. The van der Waals surface area contributed by atoms with Gasteiger partial charge in [-0.3, -0.25) is 0 Å². The van der Waals surface area contributed by atoms with E-state index in [9.17, 15) is 4.79 Å². The number of nitrogens with zero attached hydrogens (tertiary/aromatic N) is 3. The monoisotopic (exact) mass is 351 g/mol. The van der Waals surface area contributed by atoms with Gasteiger partial charge in [-0.05, 0) is 44.0 Å². The molecule has 1 aliphatic rings. The summed E-state index contributed by atoms with van der Waals surface area (Å²) in [6.07, 6.45) is 3.53. The van der Waals surface area contributed by atoms with Crippen LogP contribution in [0.1, 0.15) is 41.9 Å². The lowest BCUT2D eigenvalue weighted by molar-refractivity contribution is 0.0526. The number of aromatic nitrogens is 2. The molecule has 1 aromatic carbocycles. The predicted octanol–water partition coefficient (Wildman–Crippen LogP) is 3.78. The van der Waals surface area contributed by atoms with Crippen LogP contribution in [-0.2, 0) is 4.74 Å². The van der Waals surface area contributed by atoms with E-state index in [1.165, 1.54) is 0 Å². The Labute approximate surface area is 151 Å². The number of anilines is 1. The van der Waals surface area contributed by atoms with Crippen LogP contribution in [0.4, 0.5) is 5.82 Å². The van der Waals surface area contributed by atoms with E-state index in [0.29, 0.717) is 18.0 Å². The molecule has 1 saturated heterocycles. The Morgan fingerprint density at radius 3 is 2.81 bits per heavy atom. The number of rotatable bonds is 4. The van der Waals surface area contributed by atoms with Crippen molar-refractivity contribution in [2.45, 2.75) is 25.7 Å². The van der Waals surface area contributed by atoms with E-state index in [1.54, 1.807) is 25.3 Å². The normalized spacial score (nSPS) is 15.3.